The van der Waals surface area contributed by atoms with Crippen molar-refractivity contribution in [2.24, 2.45) is 10.8 Å². The zero-order chi connectivity index (χ0) is 17.4. The summed E-state index contributed by atoms with van der Waals surface area (Å²) < 4.78 is 0. The van der Waals surface area contributed by atoms with Crippen molar-refractivity contribution in [1.29, 1.82) is 0 Å². The van der Waals surface area contributed by atoms with Crippen LogP contribution in [-0.2, 0) is 19.2 Å². The van der Waals surface area contributed by atoms with E-state index in [2.05, 4.69) is 10.9 Å². The van der Waals surface area contributed by atoms with Crippen LogP contribution in [0.5, 0.6) is 0 Å². The molecular weight excluding hydrogens is 300 g/mol. The molecule has 8 nitrogen and oxygen atoms in total. The fraction of sp³-hybridized carbons (Fsp3) is 0.733. The smallest absolute Gasteiger partial charge is 0.248 e. The maximum atomic E-state index is 12.0. The van der Waals surface area contributed by atoms with Crippen molar-refractivity contribution in [3.8, 4) is 0 Å². The number of nitrogens with zero attached hydrogens (tertiary/aromatic N) is 2. The van der Waals surface area contributed by atoms with Gasteiger partial charge >= 0.3 is 0 Å². The number of carbonyl (C=O) groups excluding carboxylic acids is 4. The molecule has 128 valence electrons. The molecule has 2 saturated carbocycles. The first-order valence-electron chi connectivity index (χ1n) is 7.73. The van der Waals surface area contributed by atoms with Gasteiger partial charge in [0.05, 0.1) is 0 Å². The monoisotopic (exact) mass is 324 g/mol. The first kappa shape index (κ1) is 17.2. The minimum atomic E-state index is -0.596. The Morgan fingerprint density at radius 1 is 0.783 bits per heavy atom. The average Bonchev–Trinajstić information content (AvgIpc) is 3.37. The molecule has 2 N–H and O–H groups in total. The summed E-state index contributed by atoms with van der Waals surface area (Å²) in [6, 6.07) is 0. The third kappa shape index (κ3) is 4.00. The Labute approximate surface area is 135 Å². The van der Waals surface area contributed by atoms with Crippen molar-refractivity contribution < 1.29 is 19.2 Å². The van der Waals surface area contributed by atoms with Crippen LogP contribution >= 0.6 is 0 Å². The summed E-state index contributed by atoms with van der Waals surface area (Å²) in [7, 11) is 2.93. The molecule has 2 aliphatic rings. The van der Waals surface area contributed by atoms with Crippen LogP contribution in [0.3, 0.4) is 0 Å². The summed E-state index contributed by atoms with van der Waals surface area (Å²) in [4.78, 5) is 47.6. The first-order valence-corrected chi connectivity index (χ1v) is 7.73. The van der Waals surface area contributed by atoms with E-state index in [9.17, 15) is 19.2 Å². The van der Waals surface area contributed by atoms with Gasteiger partial charge in [0.25, 0.3) is 0 Å². The van der Waals surface area contributed by atoms with Gasteiger partial charge in [-0.25, -0.2) is 0 Å². The minimum Gasteiger partial charge on any atom is -0.273 e. The molecule has 8 heteroatoms. The van der Waals surface area contributed by atoms with Gasteiger partial charge in [-0.2, -0.15) is 0 Å². The highest BCUT2D eigenvalue weighted by molar-refractivity contribution is 5.98. The summed E-state index contributed by atoms with van der Waals surface area (Å²) in [5.74, 6) is -1.53. The van der Waals surface area contributed by atoms with Gasteiger partial charge in [0.15, 0.2) is 0 Å². The van der Waals surface area contributed by atoms with Crippen LogP contribution in [0.25, 0.3) is 0 Å². The van der Waals surface area contributed by atoms with E-state index in [0.717, 1.165) is 35.7 Å². The zero-order valence-corrected chi connectivity index (χ0v) is 14.1. The number of amides is 4. The van der Waals surface area contributed by atoms with Gasteiger partial charge in [-0.1, -0.05) is 13.8 Å². The van der Waals surface area contributed by atoms with E-state index in [1.165, 1.54) is 14.1 Å². The molecule has 4 amide bonds. The SMILES string of the molecule is CN(NC(=O)CC(=O)NN(C)C(=O)C1(C)CC1)C(=O)C1(C)CC1. The number of hydrogen-bond donors (Lipinski definition) is 2. The molecule has 0 saturated heterocycles. The van der Waals surface area contributed by atoms with E-state index in [-0.39, 0.29) is 11.8 Å². The third-order valence-electron chi connectivity index (χ3n) is 4.55. The largest absolute Gasteiger partial charge is 0.273 e. The quantitative estimate of drug-likeness (QED) is 0.560. The molecule has 0 radical (unpaired) electrons. The van der Waals surface area contributed by atoms with E-state index in [1.54, 1.807) is 0 Å². The molecule has 0 heterocycles. The average molecular weight is 324 g/mol. The van der Waals surface area contributed by atoms with Crippen LogP contribution in [0.2, 0.25) is 0 Å². The van der Waals surface area contributed by atoms with E-state index >= 15 is 0 Å². The summed E-state index contributed by atoms with van der Waals surface area (Å²) in [5, 5.41) is 2.26. The Bertz CT molecular complexity index is 504. The van der Waals surface area contributed by atoms with Crippen LogP contribution in [0.1, 0.15) is 46.0 Å². The summed E-state index contributed by atoms with van der Waals surface area (Å²) >= 11 is 0. The van der Waals surface area contributed by atoms with Gasteiger partial charge in [0, 0.05) is 24.9 Å². The van der Waals surface area contributed by atoms with Gasteiger partial charge in [-0.05, 0) is 25.7 Å². The third-order valence-corrected chi connectivity index (χ3v) is 4.55. The van der Waals surface area contributed by atoms with Crippen molar-refractivity contribution in [2.75, 3.05) is 14.1 Å². The molecule has 0 aromatic carbocycles. The Morgan fingerprint density at radius 3 is 1.35 bits per heavy atom. The molecule has 0 atom stereocenters. The van der Waals surface area contributed by atoms with Gasteiger partial charge in [0.2, 0.25) is 23.6 Å². The second-order valence-corrected chi connectivity index (χ2v) is 7.10. The maximum absolute atomic E-state index is 12.0. The number of rotatable bonds is 4. The van der Waals surface area contributed by atoms with E-state index in [0.29, 0.717) is 0 Å². The molecule has 0 spiro atoms. The second kappa shape index (κ2) is 5.82. The number of hydrazine groups is 2. The maximum Gasteiger partial charge on any atom is 0.248 e. The molecule has 2 rings (SSSR count). The van der Waals surface area contributed by atoms with Gasteiger partial charge in [-0.15, -0.1) is 0 Å². The predicted octanol–water partition coefficient (Wildman–Crippen LogP) is -0.0441. The zero-order valence-electron chi connectivity index (χ0n) is 14.1. The van der Waals surface area contributed by atoms with Crippen LogP contribution < -0.4 is 10.9 Å². The van der Waals surface area contributed by atoms with Crippen molar-refractivity contribution in [3.63, 3.8) is 0 Å². The standard InChI is InChI=1S/C15H24N4O4/c1-14(5-6-14)12(22)18(3)16-10(20)9-11(21)17-19(4)13(23)15(2)7-8-15/h5-9H2,1-4H3,(H,16,20)(H,17,21). The van der Waals surface area contributed by atoms with Gasteiger partial charge < -0.3 is 0 Å². The molecule has 2 aliphatic carbocycles. The van der Waals surface area contributed by atoms with Crippen LogP contribution in [0.15, 0.2) is 0 Å². The molecular formula is C15H24N4O4. The number of carbonyl (C=O) groups is 4. The fourth-order valence-corrected chi connectivity index (χ4v) is 2.31. The van der Waals surface area contributed by atoms with Gasteiger partial charge in [0.1, 0.15) is 6.42 Å². The van der Waals surface area contributed by atoms with Crippen molar-refractivity contribution >= 4 is 23.6 Å². The lowest BCUT2D eigenvalue weighted by Gasteiger charge is -2.23. The number of nitrogens with one attached hydrogen (secondary N) is 2. The highest BCUT2D eigenvalue weighted by Gasteiger charge is 2.47. The Hall–Kier alpha value is -2.12. The lowest BCUT2D eigenvalue weighted by Crippen LogP contribution is -2.50. The normalized spacial score (nSPS) is 19.3. The first-order chi connectivity index (χ1) is 10.6. The highest BCUT2D eigenvalue weighted by Crippen LogP contribution is 2.46. The van der Waals surface area contributed by atoms with E-state index in [1.807, 2.05) is 13.8 Å². The minimum absolute atomic E-state index is 0.166. The molecule has 0 aromatic heterocycles. The molecule has 0 bridgehead atoms. The lowest BCUT2D eigenvalue weighted by atomic mass is 10.1. The molecule has 2 fully saturated rings. The second-order valence-electron chi connectivity index (χ2n) is 7.10. The predicted molar refractivity (Wildman–Crippen MR) is 81.1 cm³/mol. The Balaban J connectivity index is 1.75. The molecule has 0 aromatic rings. The molecule has 23 heavy (non-hydrogen) atoms. The van der Waals surface area contributed by atoms with Crippen molar-refractivity contribution in [3.05, 3.63) is 0 Å². The van der Waals surface area contributed by atoms with E-state index < -0.39 is 29.1 Å². The lowest BCUT2D eigenvalue weighted by molar-refractivity contribution is -0.147. The van der Waals surface area contributed by atoms with Crippen LogP contribution in [-0.4, -0.2) is 47.7 Å². The fourth-order valence-electron chi connectivity index (χ4n) is 2.31. The number of hydrogen-bond acceptors (Lipinski definition) is 4. The van der Waals surface area contributed by atoms with E-state index in [4.69, 9.17) is 0 Å². The Morgan fingerprint density at radius 2 is 1.09 bits per heavy atom. The van der Waals surface area contributed by atoms with Gasteiger partial charge in [-0.3, -0.25) is 40.0 Å². The molecule has 0 unspecified atom stereocenters. The van der Waals surface area contributed by atoms with Crippen LogP contribution in [0.4, 0.5) is 0 Å². The topological polar surface area (TPSA) is 98.8 Å². The summed E-state index contributed by atoms with van der Waals surface area (Å²) in [6.45, 7) is 3.67. The highest BCUT2D eigenvalue weighted by atomic mass is 16.2. The summed E-state index contributed by atoms with van der Waals surface area (Å²) in [6.07, 6.45) is 2.76. The molecule has 0 aliphatic heterocycles. The van der Waals surface area contributed by atoms with Crippen molar-refractivity contribution in [2.45, 2.75) is 46.0 Å². The van der Waals surface area contributed by atoms with Crippen LogP contribution in [0, 0.1) is 10.8 Å². The Kier molecular flexibility index (Phi) is 4.37. The van der Waals surface area contributed by atoms with Crippen molar-refractivity contribution in [1.82, 2.24) is 20.9 Å². The summed E-state index contributed by atoms with van der Waals surface area (Å²) in [5.41, 5.74) is 3.98.